The quantitative estimate of drug-likeness (QED) is 0.653. The Morgan fingerprint density at radius 3 is 2.75 bits per heavy atom. The van der Waals surface area contributed by atoms with Gasteiger partial charge in [-0.05, 0) is 18.9 Å². The summed E-state index contributed by atoms with van der Waals surface area (Å²) in [6, 6.07) is 5.71. The molecule has 0 aliphatic carbocycles. The van der Waals surface area contributed by atoms with E-state index in [4.69, 9.17) is 4.42 Å². The molecule has 1 heterocycles. The van der Waals surface area contributed by atoms with Crippen LogP contribution in [0.15, 0.2) is 27.4 Å². The molecule has 0 aliphatic heterocycles. The van der Waals surface area contributed by atoms with Gasteiger partial charge < -0.3 is 9.73 Å². The first-order valence-corrected chi connectivity index (χ1v) is 7.18. The van der Waals surface area contributed by atoms with Crippen molar-refractivity contribution in [3.63, 3.8) is 0 Å². The maximum Gasteiger partial charge on any atom is 0.420 e. The van der Waals surface area contributed by atoms with Crippen LogP contribution >= 0.6 is 0 Å². The predicted molar refractivity (Wildman–Crippen MR) is 84.1 cm³/mol. The van der Waals surface area contributed by atoms with Gasteiger partial charge in [-0.1, -0.05) is 13.8 Å². The van der Waals surface area contributed by atoms with Gasteiger partial charge in [0, 0.05) is 12.1 Å². The van der Waals surface area contributed by atoms with Crippen LogP contribution in [-0.2, 0) is 11.3 Å². The number of fused-ring (bicyclic) bond motifs is 1. The average molecular weight is 332 g/mol. The van der Waals surface area contributed by atoms with E-state index in [0.29, 0.717) is 0 Å². The zero-order chi connectivity index (χ0) is 18.1. The van der Waals surface area contributed by atoms with Crippen LogP contribution in [0.1, 0.15) is 20.8 Å². The van der Waals surface area contributed by atoms with E-state index in [2.05, 4.69) is 5.32 Å². The van der Waals surface area contributed by atoms with Crippen LogP contribution in [0.2, 0.25) is 0 Å². The molecule has 24 heavy (non-hydrogen) atoms. The van der Waals surface area contributed by atoms with E-state index in [0.717, 1.165) is 4.57 Å². The Hall–Kier alpha value is -3.15. The minimum atomic E-state index is -1.09. The highest BCUT2D eigenvalue weighted by Crippen LogP contribution is 2.20. The lowest BCUT2D eigenvalue weighted by Crippen LogP contribution is -2.50. The van der Waals surface area contributed by atoms with Gasteiger partial charge in [0.05, 0.1) is 16.5 Å². The number of amides is 1. The number of nitrogens with zero attached hydrogens (tertiary/aromatic N) is 3. The van der Waals surface area contributed by atoms with Crippen LogP contribution in [0.3, 0.4) is 0 Å². The van der Waals surface area contributed by atoms with Crippen LogP contribution < -0.4 is 11.1 Å². The number of nitro groups is 1. The van der Waals surface area contributed by atoms with E-state index < -0.39 is 28.7 Å². The number of nitriles is 1. The Bertz CT molecular complexity index is 905. The fourth-order valence-electron chi connectivity index (χ4n) is 2.09. The van der Waals surface area contributed by atoms with Gasteiger partial charge >= 0.3 is 5.76 Å². The van der Waals surface area contributed by atoms with Crippen LogP contribution in [0, 0.1) is 27.4 Å². The average Bonchev–Trinajstić information content (AvgIpc) is 2.82. The molecule has 1 amide bonds. The molecular formula is C15H16N4O5. The van der Waals surface area contributed by atoms with E-state index in [1.807, 2.05) is 6.07 Å². The van der Waals surface area contributed by atoms with Crippen molar-refractivity contribution in [2.75, 3.05) is 0 Å². The normalized spacial score (nSPS) is 13.5. The molecule has 1 unspecified atom stereocenters. The maximum absolute atomic E-state index is 12.2. The van der Waals surface area contributed by atoms with Crippen LogP contribution in [0.5, 0.6) is 0 Å². The maximum atomic E-state index is 12.2. The first-order chi connectivity index (χ1) is 11.2. The number of nitro benzene ring substituents is 1. The topological polar surface area (TPSA) is 131 Å². The zero-order valence-electron chi connectivity index (χ0n) is 13.4. The van der Waals surface area contributed by atoms with Crippen molar-refractivity contribution >= 4 is 22.7 Å². The first-order valence-electron chi connectivity index (χ1n) is 7.18. The number of carbonyl (C=O) groups excluding carboxylic acids is 1. The molecule has 2 aromatic rings. The van der Waals surface area contributed by atoms with Gasteiger partial charge in [0.15, 0.2) is 5.58 Å². The van der Waals surface area contributed by atoms with Gasteiger partial charge in [-0.15, -0.1) is 0 Å². The largest absolute Gasteiger partial charge is 0.420 e. The van der Waals surface area contributed by atoms with Crippen LogP contribution in [0.4, 0.5) is 5.69 Å². The fraction of sp³-hybridized carbons (Fsp3) is 0.400. The molecule has 1 aromatic heterocycles. The van der Waals surface area contributed by atoms with E-state index in [-0.39, 0.29) is 22.7 Å². The number of nitrogens with one attached hydrogen (secondary N) is 1. The molecule has 0 saturated heterocycles. The van der Waals surface area contributed by atoms with Crippen molar-refractivity contribution in [1.29, 1.82) is 5.26 Å². The Morgan fingerprint density at radius 1 is 1.54 bits per heavy atom. The molecule has 9 heteroatoms. The van der Waals surface area contributed by atoms with E-state index in [1.54, 1.807) is 20.8 Å². The molecule has 126 valence electrons. The Balaban J connectivity index is 2.36. The molecule has 1 aromatic carbocycles. The highest BCUT2D eigenvalue weighted by molar-refractivity contribution is 5.81. The number of hydrogen-bond acceptors (Lipinski definition) is 6. The highest BCUT2D eigenvalue weighted by Gasteiger charge is 2.30. The molecule has 1 N–H and O–H groups in total. The Labute approximate surface area is 136 Å². The van der Waals surface area contributed by atoms with Crippen molar-refractivity contribution in [3.05, 3.63) is 38.9 Å². The van der Waals surface area contributed by atoms with Crippen molar-refractivity contribution in [2.24, 2.45) is 5.92 Å². The summed E-state index contributed by atoms with van der Waals surface area (Å²) in [7, 11) is 0. The van der Waals surface area contributed by atoms with E-state index in [1.165, 1.54) is 18.2 Å². The second-order valence-corrected chi connectivity index (χ2v) is 5.88. The molecule has 0 saturated carbocycles. The number of aromatic nitrogens is 1. The first kappa shape index (κ1) is 17.2. The van der Waals surface area contributed by atoms with Crippen molar-refractivity contribution < 1.29 is 14.1 Å². The summed E-state index contributed by atoms with van der Waals surface area (Å²) in [5.74, 6) is -1.52. The lowest BCUT2D eigenvalue weighted by Gasteiger charge is -2.27. The van der Waals surface area contributed by atoms with Gasteiger partial charge in [-0.2, -0.15) is 5.26 Å². The lowest BCUT2D eigenvalue weighted by molar-refractivity contribution is -0.384. The molecule has 2 rings (SSSR count). The van der Waals surface area contributed by atoms with Crippen molar-refractivity contribution in [3.8, 4) is 6.07 Å². The number of benzene rings is 1. The Morgan fingerprint density at radius 2 is 2.21 bits per heavy atom. The summed E-state index contributed by atoms with van der Waals surface area (Å²) in [4.78, 5) is 34.4. The fourth-order valence-corrected chi connectivity index (χ4v) is 2.09. The minimum absolute atomic E-state index is 0.144. The number of carbonyl (C=O) groups is 1. The number of non-ortho nitro benzene ring substituents is 1. The van der Waals surface area contributed by atoms with Crippen molar-refractivity contribution in [2.45, 2.75) is 32.9 Å². The summed E-state index contributed by atoms with van der Waals surface area (Å²) in [6.45, 7) is 4.74. The summed E-state index contributed by atoms with van der Waals surface area (Å²) >= 11 is 0. The molecule has 0 aliphatic rings. The van der Waals surface area contributed by atoms with Gasteiger partial charge in [-0.3, -0.25) is 19.5 Å². The number of rotatable bonds is 5. The summed E-state index contributed by atoms with van der Waals surface area (Å²) < 4.78 is 5.97. The third-order valence-electron chi connectivity index (χ3n) is 3.95. The summed E-state index contributed by atoms with van der Waals surface area (Å²) in [5.41, 5.74) is -1.02. The highest BCUT2D eigenvalue weighted by atomic mass is 16.6. The van der Waals surface area contributed by atoms with Gasteiger partial charge in [-0.25, -0.2) is 4.79 Å². The molecule has 0 fully saturated rings. The standard InChI is InChI=1S/C15H16N4O5/c1-9(2)15(3,8-16)17-13(20)7-18-11-6-10(19(22)23)4-5-12(11)24-14(18)21/h4-6,9H,7H2,1-3H3,(H,17,20). The van der Waals surface area contributed by atoms with Gasteiger partial charge in [0.2, 0.25) is 5.91 Å². The Kier molecular flexibility index (Phi) is 4.41. The van der Waals surface area contributed by atoms with Gasteiger partial charge in [0.25, 0.3) is 5.69 Å². The van der Waals surface area contributed by atoms with E-state index >= 15 is 0 Å². The molecule has 0 spiro atoms. The molecule has 9 nitrogen and oxygen atoms in total. The predicted octanol–water partition coefficient (Wildman–Crippen LogP) is 1.56. The van der Waals surface area contributed by atoms with Crippen LogP contribution in [0.25, 0.3) is 11.1 Å². The smallest absolute Gasteiger partial charge is 0.408 e. The second-order valence-electron chi connectivity index (χ2n) is 5.88. The summed E-state index contributed by atoms with van der Waals surface area (Å²) in [5, 5.41) is 22.7. The lowest BCUT2D eigenvalue weighted by atomic mass is 9.90. The molecule has 0 bridgehead atoms. The third-order valence-corrected chi connectivity index (χ3v) is 3.95. The summed E-state index contributed by atoms with van der Waals surface area (Å²) in [6.07, 6.45) is 0. The monoisotopic (exact) mass is 332 g/mol. The minimum Gasteiger partial charge on any atom is -0.408 e. The SMILES string of the molecule is CC(C)C(C)(C#N)NC(=O)Cn1c(=O)oc2ccc([N+](=O)[O-])cc21. The van der Waals surface area contributed by atoms with Gasteiger partial charge in [0.1, 0.15) is 12.1 Å². The molecular weight excluding hydrogens is 316 g/mol. The zero-order valence-corrected chi connectivity index (χ0v) is 13.4. The second kappa shape index (κ2) is 6.16. The molecule has 1 atom stereocenters. The molecule has 0 radical (unpaired) electrons. The third kappa shape index (κ3) is 3.12. The van der Waals surface area contributed by atoms with Crippen LogP contribution in [-0.4, -0.2) is 20.9 Å². The number of oxazole rings is 1. The van der Waals surface area contributed by atoms with Crippen molar-refractivity contribution in [1.82, 2.24) is 9.88 Å². The van der Waals surface area contributed by atoms with E-state index in [9.17, 15) is 25.0 Å². The number of hydrogen-bond donors (Lipinski definition) is 1.